The average Bonchev–Trinajstić information content (AvgIpc) is 3.36. The number of sulfonamides is 1. The molecule has 2 saturated heterocycles. The molecule has 0 saturated carbocycles. The van der Waals surface area contributed by atoms with E-state index in [1.807, 2.05) is 83.1 Å². The quantitative estimate of drug-likeness (QED) is 0.0331. The van der Waals surface area contributed by atoms with Crippen molar-refractivity contribution in [3.63, 3.8) is 0 Å². The minimum atomic E-state index is -3.72. The molecule has 0 unspecified atom stereocenters. The number of carbonyl (C=O) groups excluding carboxylic acids is 4. The number of nitrogens with zero attached hydrogens (tertiary/aromatic N) is 6. The van der Waals surface area contributed by atoms with Gasteiger partial charge in [-0.1, -0.05) is 51.1 Å². The maximum Gasteiger partial charge on any atom is 0.248 e. The second-order valence-corrected chi connectivity index (χ2v) is 25.2. The fourth-order valence-electron chi connectivity index (χ4n) is 9.24. The molecule has 4 amide bonds. The van der Waals surface area contributed by atoms with E-state index >= 15 is 0 Å². The Balaban J connectivity index is 0.693. The average molecular weight is 1200 g/mol. The number of rotatable bonds is 29. The molecule has 456 valence electrons. The summed E-state index contributed by atoms with van der Waals surface area (Å²) in [6.07, 6.45) is 0.893. The lowest BCUT2D eigenvalue weighted by molar-refractivity contribution is -0.144. The van der Waals surface area contributed by atoms with Crippen molar-refractivity contribution < 1.29 is 56.4 Å². The number of aliphatic hydroxyl groups excluding tert-OH is 1. The molecule has 7 rings (SSSR count). The third-order valence-electron chi connectivity index (χ3n) is 13.6. The molecule has 23 nitrogen and oxygen atoms in total. The molecule has 3 atom stereocenters. The lowest BCUT2D eigenvalue weighted by Crippen LogP contribution is -2.58. The van der Waals surface area contributed by atoms with Gasteiger partial charge in [0.05, 0.1) is 79.9 Å². The van der Waals surface area contributed by atoms with E-state index < -0.39 is 51.0 Å². The fraction of sp³-hybridized carbons (Fsp3) is 0.508. The summed E-state index contributed by atoms with van der Waals surface area (Å²) in [7, 11) is -3.72. The molecule has 25 heteroatoms. The van der Waals surface area contributed by atoms with Crippen LogP contribution in [0.1, 0.15) is 64.8 Å². The van der Waals surface area contributed by atoms with Gasteiger partial charge in [0.1, 0.15) is 31.1 Å². The molecule has 0 bridgehead atoms. The molecule has 2 aliphatic heterocycles. The molecule has 2 fully saturated rings. The SMILES string of the molecule is Cc1cnc(Nc2ccc(N3CCN(C(=O)COCCOCCOCCOCCOCC(=O)N[C@H](C(=O)N4C[C@H](O)C[C@H]4C(=O)NCc4ccc(-c5scnc5C)cc4)C(C)(C)C)CC3)cc2)nc1Nc1cccc(S(=O)(=O)NC(C)(C)C)c1. The summed E-state index contributed by atoms with van der Waals surface area (Å²) in [6.45, 7) is 19.2. The summed E-state index contributed by atoms with van der Waals surface area (Å²) in [4.78, 5) is 73.3. The van der Waals surface area contributed by atoms with Crippen LogP contribution in [0.5, 0.6) is 0 Å². The number of likely N-dealkylation sites (tertiary alicyclic amines) is 1. The number of benzene rings is 3. The first-order valence-electron chi connectivity index (χ1n) is 28.1. The predicted octanol–water partition coefficient (Wildman–Crippen LogP) is 5.32. The van der Waals surface area contributed by atoms with Crippen LogP contribution < -0.4 is 30.9 Å². The zero-order valence-corrected chi connectivity index (χ0v) is 50.9. The van der Waals surface area contributed by atoms with Crippen LogP contribution in [0.3, 0.4) is 0 Å². The monoisotopic (exact) mass is 1200 g/mol. The van der Waals surface area contributed by atoms with Gasteiger partial charge in [-0.2, -0.15) is 4.98 Å². The van der Waals surface area contributed by atoms with Crippen LogP contribution in [-0.2, 0) is 59.4 Å². The van der Waals surface area contributed by atoms with E-state index in [2.05, 4.69) is 45.8 Å². The highest BCUT2D eigenvalue weighted by Crippen LogP contribution is 2.30. The van der Waals surface area contributed by atoms with E-state index in [1.54, 1.807) is 73.0 Å². The van der Waals surface area contributed by atoms with E-state index in [1.165, 1.54) is 4.90 Å². The van der Waals surface area contributed by atoms with Gasteiger partial charge >= 0.3 is 0 Å². The summed E-state index contributed by atoms with van der Waals surface area (Å²) in [5, 5.41) is 22.7. The highest BCUT2D eigenvalue weighted by atomic mass is 32.2. The van der Waals surface area contributed by atoms with E-state index in [4.69, 9.17) is 23.7 Å². The van der Waals surface area contributed by atoms with E-state index in [0.29, 0.717) is 76.7 Å². The molecule has 0 spiro atoms. The lowest BCUT2D eigenvalue weighted by Gasteiger charge is -2.36. The molecule has 5 aromatic rings. The molecule has 4 heterocycles. The predicted molar refractivity (Wildman–Crippen MR) is 321 cm³/mol. The molecule has 3 aromatic carbocycles. The number of β-amino-alcohol motifs (C(OH)–C–C–N with tert-alkyl or cyclic N) is 1. The summed E-state index contributed by atoms with van der Waals surface area (Å²) >= 11 is 1.57. The van der Waals surface area contributed by atoms with Gasteiger partial charge in [0, 0.05) is 80.1 Å². The smallest absolute Gasteiger partial charge is 0.248 e. The fourth-order valence-corrected chi connectivity index (χ4v) is 11.5. The number of anilines is 5. The van der Waals surface area contributed by atoms with Crippen molar-refractivity contribution >= 4 is 73.8 Å². The van der Waals surface area contributed by atoms with Crippen molar-refractivity contribution in [3.05, 3.63) is 101 Å². The molecule has 6 N–H and O–H groups in total. The van der Waals surface area contributed by atoms with E-state index in [0.717, 1.165) is 38.6 Å². The molecular weight excluding hydrogens is 1120 g/mol. The number of hydrogen-bond donors (Lipinski definition) is 6. The van der Waals surface area contributed by atoms with Gasteiger partial charge in [-0.05, 0) is 93.6 Å². The van der Waals surface area contributed by atoms with Gasteiger partial charge < -0.3 is 64.8 Å². The van der Waals surface area contributed by atoms with Gasteiger partial charge in [0.15, 0.2) is 0 Å². The normalized spacial score (nSPS) is 16.1. The summed E-state index contributed by atoms with van der Waals surface area (Å²) < 4.78 is 56.4. The Morgan fingerprint density at radius 3 is 2.00 bits per heavy atom. The van der Waals surface area contributed by atoms with Gasteiger partial charge in [-0.25, -0.2) is 23.1 Å². The van der Waals surface area contributed by atoms with Crippen LogP contribution in [0.15, 0.2) is 89.4 Å². The maximum atomic E-state index is 14.0. The summed E-state index contributed by atoms with van der Waals surface area (Å²) in [6, 6.07) is 20.4. The topological polar surface area (TPSA) is 277 Å². The van der Waals surface area contributed by atoms with Gasteiger partial charge in [0.25, 0.3) is 0 Å². The third kappa shape index (κ3) is 19.7. The first-order valence-corrected chi connectivity index (χ1v) is 30.5. The van der Waals surface area contributed by atoms with Crippen LogP contribution in [0, 0.1) is 19.3 Å². The Bertz CT molecular complexity index is 3070. The zero-order chi connectivity index (χ0) is 60.4. The standard InChI is InChI=1S/C59H81N11O12S2/c1-40-34-61-57(66-54(40)63-45-10-9-11-48(32-45)84(76,77)67-59(6,7)8)64-44-16-18-46(19-17-44)68-20-22-69(23-21-68)51(73)38-82-31-29-80-27-25-78-24-26-79-28-30-81-37-50(72)65-53(58(3,4)5)56(75)70-36-47(71)33-49(70)55(74)60-35-42-12-14-43(15-13-42)52-41(2)62-39-83-52/h9-19,32,34,39,47,49,53,67,71H,20-31,33,35-38H2,1-8H3,(H,60,74)(H,65,72)(H2,61,63,64,66)/t47-,49+,53-/m1/s1. The number of amides is 4. The number of hydrogen-bond acceptors (Lipinski definition) is 19. The number of thiazole rings is 1. The Labute approximate surface area is 496 Å². The zero-order valence-electron chi connectivity index (χ0n) is 49.3. The Morgan fingerprint density at radius 1 is 0.762 bits per heavy atom. The number of aryl methyl sites for hydroxylation is 2. The first-order chi connectivity index (χ1) is 40.0. The Kier molecular flexibility index (Phi) is 23.5. The number of nitrogens with one attached hydrogen (secondary N) is 5. The van der Waals surface area contributed by atoms with Crippen molar-refractivity contribution in [2.75, 3.05) is 114 Å². The molecule has 2 aromatic heterocycles. The summed E-state index contributed by atoms with van der Waals surface area (Å²) in [5.41, 5.74) is 6.50. The number of carbonyl (C=O) groups is 4. The van der Waals surface area contributed by atoms with Crippen LogP contribution >= 0.6 is 11.3 Å². The van der Waals surface area contributed by atoms with Crippen LogP contribution in [0.2, 0.25) is 0 Å². The number of ether oxygens (including phenoxy) is 5. The molecule has 0 aliphatic carbocycles. The Morgan fingerprint density at radius 2 is 1.39 bits per heavy atom. The van der Waals surface area contributed by atoms with E-state index in [-0.39, 0.29) is 69.3 Å². The van der Waals surface area contributed by atoms with Crippen LogP contribution in [0.25, 0.3) is 10.4 Å². The molecular formula is C59H81N11O12S2. The van der Waals surface area contributed by atoms with E-state index in [9.17, 15) is 32.7 Å². The number of aliphatic hydroxyl groups is 1. The van der Waals surface area contributed by atoms with Crippen molar-refractivity contribution in [2.24, 2.45) is 5.41 Å². The lowest BCUT2D eigenvalue weighted by atomic mass is 9.85. The van der Waals surface area contributed by atoms with Crippen molar-refractivity contribution in [1.82, 2.24) is 40.1 Å². The van der Waals surface area contributed by atoms with Gasteiger partial charge in [0.2, 0.25) is 39.6 Å². The Hall–Kier alpha value is -6.68. The highest BCUT2D eigenvalue weighted by molar-refractivity contribution is 7.89. The molecule has 84 heavy (non-hydrogen) atoms. The van der Waals surface area contributed by atoms with Crippen molar-refractivity contribution in [2.45, 2.75) is 97.0 Å². The van der Waals surface area contributed by atoms with Crippen LogP contribution in [0.4, 0.5) is 28.8 Å². The second-order valence-electron chi connectivity index (χ2n) is 22.7. The van der Waals surface area contributed by atoms with Gasteiger partial charge in [-0.15, -0.1) is 11.3 Å². The minimum Gasteiger partial charge on any atom is -0.391 e. The third-order valence-corrected chi connectivity index (χ3v) is 16.3. The summed E-state index contributed by atoms with van der Waals surface area (Å²) in [5.74, 6) is -0.517. The first kappa shape index (κ1) is 64.9. The molecule has 0 radical (unpaired) electrons. The largest absolute Gasteiger partial charge is 0.391 e. The molecule has 2 aliphatic rings. The van der Waals surface area contributed by atoms with Gasteiger partial charge in [-0.3, -0.25) is 19.2 Å². The minimum absolute atomic E-state index is 0.0289. The van der Waals surface area contributed by atoms with Crippen molar-refractivity contribution in [3.8, 4) is 10.4 Å². The van der Waals surface area contributed by atoms with Crippen LogP contribution in [-0.4, -0.2) is 184 Å². The number of piperazine rings is 1. The highest BCUT2D eigenvalue weighted by Gasteiger charge is 2.44. The second kappa shape index (κ2) is 30.4. The van der Waals surface area contributed by atoms with Crippen molar-refractivity contribution in [1.29, 1.82) is 0 Å². The number of aromatic nitrogens is 3. The maximum absolute atomic E-state index is 14.0.